The first-order chi connectivity index (χ1) is 9.54. The zero-order valence-electron chi connectivity index (χ0n) is 13.1. The molecule has 2 amide bonds. The third-order valence-corrected chi connectivity index (χ3v) is 4.31. The number of hydrogen-bond donors (Lipinski definition) is 1. The number of ether oxygens (including phenoxy) is 1. The van der Waals surface area contributed by atoms with Gasteiger partial charge in [-0.25, -0.2) is 9.59 Å². The smallest absolute Gasteiger partial charge is 0.328 e. The molecule has 1 rings (SSSR count). The minimum absolute atomic E-state index is 0.0660. The van der Waals surface area contributed by atoms with Crippen LogP contribution in [0.4, 0.5) is 4.79 Å². The third-order valence-electron chi connectivity index (χ3n) is 4.31. The minimum Gasteiger partial charge on any atom is -0.467 e. The predicted octanol–water partition coefficient (Wildman–Crippen LogP) is 2.55. The Hall–Kier alpha value is -1.26. The molecule has 0 spiro atoms. The molecule has 2 unspecified atom stereocenters. The first kappa shape index (κ1) is 16.8. The van der Waals surface area contributed by atoms with Crippen molar-refractivity contribution in [1.29, 1.82) is 0 Å². The highest BCUT2D eigenvalue weighted by Gasteiger charge is 2.31. The number of piperidine rings is 1. The van der Waals surface area contributed by atoms with E-state index in [1.54, 1.807) is 0 Å². The van der Waals surface area contributed by atoms with Gasteiger partial charge in [-0.15, -0.1) is 0 Å². The molecule has 20 heavy (non-hydrogen) atoms. The standard InChI is InChI=1S/C15H28N2O3/c1-5-11(3)13(14(18)20-4)16-15(19)17-10-8-7-9-12(17)6-2/h11-13H,5-10H2,1-4H3,(H,16,19)/t11?,12?,13-/m0/s1. The second-order valence-corrected chi connectivity index (χ2v) is 5.59. The number of methoxy groups -OCH3 is 1. The van der Waals surface area contributed by atoms with Crippen LogP contribution in [-0.2, 0) is 9.53 Å². The Morgan fingerprint density at radius 2 is 2.05 bits per heavy atom. The van der Waals surface area contributed by atoms with Crippen LogP contribution in [0.1, 0.15) is 52.9 Å². The molecule has 1 fully saturated rings. The van der Waals surface area contributed by atoms with Gasteiger partial charge in [0.2, 0.25) is 0 Å². The molecular weight excluding hydrogens is 256 g/mol. The van der Waals surface area contributed by atoms with Crippen LogP contribution in [0.25, 0.3) is 0 Å². The molecule has 0 radical (unpaired) electrons. The summed E-state index contributed by atoms with van der Waals surface area (Å²) in [4.78, 5) is 26.1. The molecule has 0 aromatic heterocycles. The van der Waals surface area contributed by atoms with Gasteiger partial charge >= 0.3 is 12.0 Å². The zero-order chi connectivity index (χ0) is 15.1. The summed E-state index contributed by atoms with van der Waals surface area (Å²) < 4.78 is 4.80. The van der Waals surface area contributed by atoms with E-state index in [2.05, 4.69) is 12.2 Å². The third kappa shape index (κ3) is 4.12. The summed E-state index contributed by atoms with van der Waals surface area (Å²) in [6.07, 6.45) is 5.04. The summed E-state index contributed by atoms with van der Waals surface area (Å²) in [6.45, 7) is 6.83. The fraction of sp³-hybridized carbons (Fsp3) is 0.867. The number of nitrogens with one attached hydrogen (secondary N) is 1. The summed E-state index contributed by atoms with van der Waals surface area (Å²) in [5.41, 5.74) is 0. The van der Waals surface area contributed by atoms with Crippen molar-refractivity contribution in [2.75, 3.05) is 13.7 Å². The van der Waals surface area contributed by atoms with Crippen molar-refractivity contribution in [3.8, 4) is 0 Å². The number of likely N-dealkylation sites (tertiary alicyclic amines) is 1. The summed E-state index contributed by atoms with van der Waals surface area (Å²) >= 11 is 0. The van der Waals surface area contributed by atoms with Crippen LogP contribution in [0.3, 0.4) is 0 Å². The van der Waals surface area contributed by atoms with Crippen molar-refractivity contribution >= 4 is 12.0 Å². The fourth-order valence-electron chi connectivity index (χ4n) is 2.70. The van der Waals surface area contributed by atoms with Crippen LogP contribution in [0.15, 0.2) is 0 Å². The Morgan fingerprint density at radius 1 is 1.35 bits per heavy atom. The molecule has 3 atom stereocenters. The van der Waals surface area contributed by atoms with Crippen LogP contribution in [0.5, 0.6) is 0 Å². The Balaban J connectivity index is 2.71. The largest absolute Gasteiger partial charge is 0.467 e. The van der Waals surface area contributed by atoms with Crippen molar-refractivity contribution < 1.29 is 14.3 Å². The Kier molecular flexibility index (Phi) is 6.82. The summed E-state index contributed by atoms with van der Waals surface area (Å²) in [6, 6.07) is -0.400. The van der Waals surface area contributed by atoms with Crippen molar-refractivity contribution in [2.24, 2.45) is 5.92 Å². The summed E-state index contributed by atoms with van der Waals surface area (Å²) in [5.74, 6) is -0.297. The lowest BCUT2D eigenvalue weighted by Gasteiger charge is -2.36. The number of hydrogen-bond acceptors (Lipinski definition) is 3. The van der Waals surface area contributed by atoms with Gasteiger partial charge in [0.15, 0.2) is 0 Å². The van der Waals surface area contributed by atoms with Crippen molar-refractivity contribution in [3.05, 3.63) is 0 Å². The van der Waals surface area contributed by atoms with Crippen LogP contribution < -0.4 is 5.32 Å². The molecule has 5 heteroatoms. The van der Waals surface area contributed by atoms with Gasteiger partial charge in [-0.05, 0) is 31.6 Å². The van der Waals surface area contributed by atoms with E-state index in [0.717, 1.165) is 32.2 Å². The second-order valence-electron chi connectivity index (χ2n) is 5.59. The molecule has 5 nitrogen and oxygen atoms in total. The van der Waals surface area contributed by atoms with Gasteiger partial charge in [0.05, 0.1) is 7.11 Å². The van der Waals surface area contributed by atoms with Crippen molar-refractivity contribution in [1.82, 2.24) is 10.2 Å². The molecule has 1 N–H and O–H groups in total. The SMILES string of the molecule is CCC(C)[C@H](NC(=O)N1CCCCC1CC)C(=O)OC. The van der Waals surface area contributed by atoms with Crippen molar-refractivity contribution in [3.63, 3.8) is 0 Å². The van der Waals surface area contributed by atoms with Crippen LogP contribution in [0, 0.1) is 5.92 Å². The van der Waals surface area contributed by atoms with Gasteiger partial charge in [-0.1, -0.05) is 27.2 Å². The highest BCUT2D eigenvalue weighted by molar-refractivity contribution is 5.84. The number of esters is 1. The number of rotatable bonds is 5. The van der Waals surface area contributed by atoms with Gasteiger partial charge in [-0.2, -0.15) is 0 Å². The lowest BCUT2D eigenvalue weighted by atomic mass is 9.98. The zero-order valence-corrected chi connectivity index (χ0v) is 13.1. The maximum absolute atomic E-state index is 12.4. The van der Waals surface area contributed by atoms with E-state index in [0.29, 0.717) is 6.04 Å². The van der Waals surface area contributed by atoms with E-state index in [1.165, 1.54) is 13.5 Å². The second kappa shape index (κ2) is 8.12. The molecule has 0 aromatic rings. The molecule has 1 aliphatic heterocycles. The Morgan fingerprint density at radius 3 is 2.60 bits per heavy atom. The molecular formula is C15H28N2O3. The van der Waals surface area contributed by atoms with E-state index in [1.807, 2.05) is 18.7 Å². The lowest BCUT2D eigenvalue weighted by molar-refractivity contribution is -0.144. The molecule has 1 aliphatic rings. The number of urea groups is 1. The van der Waals surface area contributed by atoms with Gasteiger partial charge in [0.25, 0.3) is 0 Å². The van der Waals surface area contributed by atoms with Crippen molar-refractivity contribution in [2.45, 2.75) is 65.0 Å². The number of carbonyl (C=O) groups is 2. The van der Waals surface area contributed by atoms with E-state index in [-0.39, 0.29) is 17.9 Å². The van der Waals surface area contributed by atoms with Crippen LogP contribution in [-0.4, -0.2) is 42.6 Å². The number of amides is 2. The molecule has 116 valence electrons. The van der Waals surface area contributed by atoms with E-state index in [9.17, 15) is 9.59 Å². The predicted molar refractivity (Wildman–Crippen MR) is 78.4 cm³/mol. The maximum Gasteiger partial charge on any atom is 0.328 e. The Bertz CT molecular complexity index is 333. The summed E-state index contributed by atoms with van der Waals surface area (Å²) in [7, 11) is 1.36. The van der Waals surface area contributed by atoms with Crippen LogP contribution in [0.2, 0.25) is 0 Å². The monoisotopic (exact) mass is 284 g/mol. The van der Waals surface area contributed by atoms with Gasteiger partial charge in [-0.3, -0.25) is 0 Å². The molecule has 0 aromatic carbocycles. The molecule has 1 saturated heterocycles. The quantitative estimate of drug-likeness (QED) is 0.789. The average Bonchev–Trinajstić information content (AvgIpc) is 2.50. The number of carbonyl (C=O) groups excluding carboxylic acids is 2. The van der Waals surface area contributed by atoms with E-state index in [4.69, 9.17) is 4.74 Å². The topological polar surface area (TPSA) is 58.6 Å². The van der Waals surface area contributed by atoms with Gasteiger partial charge in [0.1, 0.15) is 6.04 Å². The fourth-order valence-corrected chi connectivity index (χ4v) is 2.70. The lowest BCUT2D eigenvalue weighted by Crippen LogP contribution is -2.54. The molecule has 0 bridgehead atoms. The number of nitrogens with zero attached hydrogens (tertiary/aromatic N) is 1. The highest BCUT2D eigenvalue weighted by Crippen LogP contribution is 2.20. The maximum atomic E-state index is 12.4. The first-order valence-corrected chi connectivity index (χ1v) is 7.70. The average molecular weight is 284 g/mol. The molecule has 0 saturated carbocycles. The minimum atomic E-state index is -0.558. The Labute approximate surface area is 122 Å². The normalized spacial score (nSPS) is 22.0. The summed E-state index contributed by atoms with van der Waals surface area (Å²) in [5, 5.41) is 2.86. The van der Waals surface area contributed by atoms with E-state index >= 15 is 0 Å². The van der Waals surface area contributed by atoms with E-state index < -0.39 is 6.04 Å². The highest BCUT2D eigenvalue weighted by atomic mass is 16.5. The van der Waals surface area contributed by atoms with Gasteiger partial charge < -0.3 is 15.0 Å². The molecule has 0 aliphatic carbocycles. The van der Waals surface area contributed by atoms with Crippen LogP contribution >= 0.6 is 0 Å². The van der Waals surface area contributed by atoms with Gasteiger partial charge in [0, 0.05) is 12.6 Å². The first-order valence-electron chi connectivity index (χ1n) is 7.70. The molecule has 1 heterocycles.